The van der Waals surface area contributed by atoms with Gasteiger partial charge in [0.15, 0.2) is 0 Å². The number of aromatic hydroxyl groups is 1. The summed E-state index contributed by atoms with van der Waals surface area (Å²) in [5, 5.41) is 122. The molecule has 3 aromatic rings. The monoisotopic (exact) mass is 2020 g/mol. The molecule has 0 aliphatic carbocycles. The van der Waals surface area contributed by atoms with E-state index in [9.17, 15) is 137 Å². The SMILES string of the molecule is CSCC[C@H](NC(=O)[C@H](Cc1ccccc1)NC(=O)CNC(=O)[C@@H](C)NC(=O)[C@@H](N)Cc1ccc(O)cc1)C(=O)N[C@H](C(=O)N[C@@H](CO)C(=O)N[C@@H](CCC(=O)O)C(=O)N[C@@H](CCCCN)C(=O)N[C@@H](CO)C(=O)N[C@@H](CCC(N)=O)C(=O)N[C@H](C(=O)N1CCC[C@H]1C(=O)N[C@@H](CC(C)C)C(=O)N[C@H](C(=O)N[C@H](C(=O)N[C@@H](CC(C)C)C(=O)N[C@@H](Cc1ccccc1)C(=O)O)[C@@H](C)O)C(C)C)[C@@H](C)O)[C@@H](C)O. The molecule has 0 saturated carbocycles. The smallest absolute Gasteiger partial charge is 0.326 e. The Labute approximate surface area is 826 Å². The molecule has 48 nitrogen and oxygen atoms in total. The van der Waals surface area contributed by atoms with Gasteiger partial charge in [-0.25, -0.2) is 4.79 Å². The molecule has 49 heteroatoms. The summed E-state index contributed by atoms with van der Waals surface area (Å²) in [6.07, 6.45) is -6.81. The number of hydrogen-bond acceptors (Lipinski definition) is 29. The highest BCUT2D eigenvalue weighted by Crippen LogP contribution is 2.23. The van der Waals surface area contributed by atoms with Gasteiger partial charge in [0.2, 0.25) is 106 Å². The number of nitrogens with two attached hydrogens (primary N) is 3. The van der Waals surface area contributed by atoms with Crippen LogP contribution in [-0.4, -0.2) is 330 Å². The molecule has 1 aliphatic heterocycles. The molecule has 0 unspecified atom stereocenters. The Balaban J connectivity index is 1.49. The molecule has 0 radical (unpaired) electrons. The number of phenolic OH excluding ortho intramolecular Hbond substituents is 1. The number of carboxylic acids is 2. The molecule has 788 valence electrons. The Morgan fingerprint density at radius 2 is 0.810 bits per heavy atom. The van der Waals surface area contributed by atoms with E-state index in [2.05, 4.69) is 85.1 Å². The number of thioether (sulfide) groups is 1. The first-order valence-corrected chi connectivity index (χ1v) is 48.3. The van der Waals surface area contributed by atoms with E-state index in [-0.39, 0.29) is 107 Å². The van der Waals surface area contributed by atoms with Crippen LogP contribution in [0.25, 0.3) is 0 Å². The molecule has 1 aliphatic rings. The van der Waals surface area contributed by atoms with E-state index in [4.69, 9.17) is 17.2 Å². The molecule has 1 saturated heterocycles. The fourth-order valence-electron chi connectivity index (χ4n) is 14.8. The fraction of sp³-hybridized carbons (Fsp3) is 0.591. The predicted molar refractivity (Wildman–Crippen MR) is 514 cm³/mol. The van der Waals surface area contributed by atoms with Gasteiger partial charge in [0.25, 0.3) is 0 Å². The molecule has 1 fully saturated rings. The number of nitrogens with zero attached hydrogens (tertiary/aromatic N) is 1. The second-order valence-corrected chi connectivity index (χ2v) is 37.0. The molecular weight excluding hydrogens is 1880 g/mol. The van der Waals surface area contributed by atoms with E-state index in [0.717, 1.165) is 18.7 Å². The second-order valence-electron chi connectivity index (χ2n) is 36.0. The Bertz CT molecular complexity index is 4730. The van der Waals surface area contributed by atoms with E-state index in [1.54, 1.807) is 121 Å². The van der Waals surface area contributed by atoms with Crippen LogP contribution in [0.2, 0.25) is 0 Å². The van der Waals surface area contributed by atoms with Gasteiger partial charge in [-0.1, -0.05) is 114 Å². The van der Waals surface area contributed by atoms with Gasteiger partial charge in [0.1, 0.15) is 102 Å². The number of rotatable bonds is 63. The largest absolute Gasteiger partial charge is 0.508 e. The normalized spacial score (nSPS) is 16.4. The molecule has 20 atom stereocenters. The number of primary amides is 1. The van der Waals surface area contributed by atoms with Crippen LogP contribution in [0.5, 0.6) is 5.75 Å². The molecule has 3 aromatic carbocycles. The highest BCUT2D eigenvalue weighted by Gasteiger charge is 2.44. The van der Waals surface area contributed by atoms with Crippen LogP contribution in [0, 0.1) is 17.8 Å². The molecule has 4 rings (SSSR count). The number of hydrogen-bond donors (Lipinski definition) is 27. The number of aliphatic hydroxyl groups excluding tert-OH is 5. The van der Waals surface area contributed by atoms with Crippen LogP contribution in [0.4, 0.5) is 0 Å². The third kappa shape index (κ3) is 42.0. The summed E-state index contributed by atoms with van der Waals surface area (Å²) in [6.45, 7) is 11.3. The quantitative estimate of drug-likeness (QED) is 0.0234. The molecular formula is C93H142N20O28S. The van der Waals surface area contributed by atoms with E-state index in [1.165, 1.54) is 37.7 Å². The van der Waals surface area contributed by atoms with E-state index in [0.29, 0.717) is 16.7 Å². The molecule has 0 aromatic heterocycles. The van der Waals surface area contributed by atoms with Crippen molar-refractivity contribution in [2.24, 2.45) is 35.0 Å². The summed E-state index contributed by atoms with van der Waals surface area (Å²) in [5.41, 5.74) is 19.0. The number of carbonyl (C=O) groups excluding carboxylic acids is 18. The van der Waals surface area contributed by atoms with Crippen molar-refractivity contribution in [1.29, 1.82) is 0 Å². The maximum atomic E-state index is 14.7. The summed E-state index contributed by atoms with van der Waals surface area (Å²) in [6, 6.07) is -5.00. The zero-order valence-corrected chi connectivity index (χ0v) is 82.4. The lowest BCUT2D eigenvalue weighted by molar-refractivity contribution is -0.145. The van der Waals surface area contributed by atoms with Crippen molar-refractivity contribution in [3.05, 3.63) is 102 Å². The maximum absolute atomic E-state index is 14.7. The van der Waals surface area contributed by atoms with E-state index >= 15 is 0 Å². The number of carboxylic acid groups (broad SMARTS) is 2. The third-order valence-corrected chi connectivity index (χ3v) is 23.4. The van der Waals surface area contributed by atoms with Gasteiger partial charge in [-0.05, 0) is 163 Å². The predicted octanol–water partition coefficient (Wildman–Crippen LogP) is -6.88. The molecule has 30 N–H and O–H groups in total. The third-order valence-electron chi connectivity index (χ3n) is 22.7. The Hall–Kier alpha value is -13.1. The first-order chi connectivity index (χ1) is 66.9. The van der Waals surface area contributed by atoms with Crippen molar-refractivity contribution >= 4 is 130 Å². The molecule has 0 spiro atoms. The van der Waals surface area contributed by atoms with Crippen LogP contribution in [0.15, 0.2) is 84.9 Å². The number of likely N-dealkylation sites (tertiary alicyclic amines) is 1. The average Bonchev–Trinajstić information content (AvgIpc) is 1.64. The minimum atomic E-state index is -2.07. The van der Waals surface area contributed by atoms with Crippen LogP contribution >= 0.6 is 11.8 Å². The minimum Gasteiger partial charge on any atom is -0.508 e. The van der Waals surface area contributed by atoms with Crippen LogP contribution in [0.1, 0.15) is 163 Å². The number of carbonyl (C=O) groups is 20. The summed E-state index contributed by atoms with van der Waals surface area (Å²) in [7, 11) is 0. The Morgan fingerprint density at radius 3 is 1.27 bits per heavy atom. The van der Waals surface area contributed by atoms with Crippen molar-refractivity contribution in [3.8, 4) is 5.75 Å². The van der Waals surface area contributed by atoms with E-state index in [1.807, 2.05) is 0 Å². The highest BCUT2D eigenvalue weighted by molar-refractivity contribution is 7.98. The van der Waals surface area contributed by atoms with Gasteiger partial charge in [-0.2, -0.15) is 11.8 Å². The van der Waals surface area contributed by atoms with Gasteiger partial charge < -0.3 is 148 Å². The summed E-state index contributed by atoms with van der Waals surface area (Å²) in [4.78, 5) is 277. The van der Waals surface area contributed by atoms with Crippen LogP contribution in [0.3, 0.4) is 0 Å². The number of benzene rings is 3. The number of aliphatic hydroxyl groups is 5. The molecule has 0 bridgehead atoms. The van der Waals surface area contributed by atoms with Gasteiger partial charge in [-0.15, -0.1) is 0 Å². The molecule has 18 amide bonds. The van der Waals surface area contributed by atoms with Gasteiger partial charge in [0.05, 0.1) is 44.1 Å². The summed E-state index contributed by atoms with van der Waals surface area (Å²) in [5.74, 6) is -23.0. The first-order valence-electron chi connectivity index (χ1n) is 46.9. The molecule has 142 heavy (non-hydrogen) atoms. The fourth-order valence-corrected chi connectivity index (χ4v) is 15.3. The second kappa shape index (κ2) is 61.6. The summed E-state index contributed by atoms with van der Waals surface area (Å²) >= 11 is 1.24. The Morgan fingerprint density at radius 1 is 0.415 bits per heavy atom. The number of unbranched alkanes of at least 4 members (excludes halogenated alkanes) is 1. The summed E-state index contributed by atoms with van der Waals surface area (Å²) < 4.78 is 0. The van der Waals surface area contributed by atoms with Gasteiger partial charge in [-0.3, -0.25) is 91.1 Å². The highest BCUT2D eigenvalue weighted by atomic mass is 32.2. The zero-order chi connectivity index (χ0) is 106. The van der Waals surface area contributed by atoms with Crippen LogP contribution < -0.4 is 102 Å². The lowest BCUT2D eigenvalue weighted by Gasteiger charge is -2.32. The van der Waals surface area contributed by atoms with Gasteiger partial charge in [0, 0.05) is 32.2 Å². The number of amides is 18. The number of phenols is 1. The van der Waals surface area contributed by atoms with Crippen molar-refractivity contribution in [2.75, 3.05) is 44.9 Å². The van der Waals surface area contributed by atoms with E-state index < -0.39 is 291 Å². The molecule has 1 heterocycles. The lowest BCUT2D eigenvalue weighted by Crippen LogP contribution is -2.63. The maximum Gasteiger partial charge on any atom is 0.326 e. The average molecular weight is 2020 g/mol. The van der Waals surface area contributed by atoms with Crippen LogP contribution in [-0.2, 0) is 115 Å². The van der Waals surface area contributed by atoms with Crippen molar-refractivity contribution in [2.45, 2.75) is 287 Å². The van der Waals surface area contributed by atoms with Crippen molar-refractivity contribution in [1.82, 2.24) is 90.0 Å². The topological polar surface area (TPSA) is 777 Å². The van der Waals surface area contributed by atoms with Crippen molar-refractivity contribution in [3.63, 3.8) is 0 Å². The van der Waals surface area contributed by atoms with Crippen molar-refractivity contribution < 1.29 is 137 Å². The first kappa shape index (κ1) is 121. The minimum absolute atomic E-state index is 0.000473. The standard InChI is InChI=1S/C93H142N20O28S/c1-47(2)39-63(83(130)106-66(93(140)141)43-55-23-16-13-17-24-55)105-90(137)75(52(9)117)111-89(136)73(49(5)6)109-85(132)64(40-48(3)4)104-88(135)69-26-20-37-113(69)92(139)76(53(10)118)112-81(128)60(31-33-70(96)120)101-86(133)67(45-114)107-79(126)59(25-18-19-36-94)100-80(127)61(32-34-72(122)123)102-87(134)68(46-115)108-91(138)74(51(8)116)110-82(129)62(35-38-142-11)103-84(131)65(42-54-21-14-12-15-22-54)99-71(121)44-97-77(124)50(7)98-78(125)58(95)41-56-27-29-57(119)30-28-56/h12-17,21-24,27-30,47-53,58-69,73-76,114-119H,18-20,25-26,31-46,94-95H2,1-11H3,(H2,96,120)(H,97,124)(H,98,125)(H,99,121)(H,100,127)(H,101,133)(H,102,134)(H,103,131)(H,104,135)(H,105,137)(H,106,130)(H,107,126)(H,108,138)(H,109,132)(H,110,129)(H,111,136)(H,112,128)(H,122,123)(H,140,141)/t50-,51-,52-,53-,58+,59+,60+,61+,62+,63+,64+,65+,66+,67+,68+,69+,73+,74+,75+,76+/m1/s1. The number of nitrogens with one attached hydrogen (secondary N) is 16. The number of aliphatic carboxylic acids is 2. The lowest BCUT2D eigenvalue weighted by atomic mass is 9.98. The Kier molecular flexibility index (Phi) is 52.6. The zero-order valence-electron chi connectivity index (χ0n) is 81.5. The van der Waals surface area contributed by atoms with Gasteiger partial charge >= 0.3 is 11.9 Å².